The van der Waals surface area contributed by atoms with Crippen molar-refractivity contribution < 1.29 is 18.0 Å². The number of aryl methyl sites for hydroxylation is 1. The van der Waals surface area contributed by atoms with Crippen molar-refractivity contribution in [1.29, 1.82) is 0 Å². The van der Waals surface area contributed by atoms with Gasteiger partial charge in [0.25, 0.3) is 0 Å². The number of hydrogen-bond donors (Lipinski definition) is 0. The zero-order valence-corrected chi connectivity index (χ0v) is 15.8. The molecule has 2 heterocycles. The molecule has 0 bridgehead atoms. The van der Waals surface area contributed by atoms with E-state index < -0.39 is 23.1 Å². The van der Waals surface area contributed by atoms with E-state index in [0.29, 0.717) is 6.07 Å². The number of benzene rings is 2. The van der Waals surface area contributed by atoms with Gasteiger partial charge in [0, 0.05) is 24.3 Å². The maximum atomic E-state index is 14.1. The van der Waals surface area contributed by atoms with E-state index in [1.165, 1.54) is 23.5 Å². The van der Waals surface area contributed by atoms with E-state index in [-0.39, 0.29) is 12.1 Å². The second-order valence-electron chi connectivity index (χ2n) is 6.09. The van der Waals surface area contributed by atoms with Gasteiger partial charge in [0.15, 0.2) is 17.5 Å². The predicted octanol–water partition coefficient (Wildman–Crippen LogP) is 4.92. The molecule has 29 heavy (non-hydrogen) atoms. The minimum Gasteiger partial charge on any atom is -0.278 e. The average molecular weight is 414 g/mol. The Bertz CT molecular complexity index is 1170. The van der Waals surface area contributed by atoms with Crippen LogP contribution in [-0.4, -0.2) is 21.2 Å². The van der Waals surface area contributed by atoms with Crippen molar-refractivity contribution in [3.05, 3.63) is 71.5 Å². The van der Waals surface area contributed by atoms with Crippen LogP contribution in [0.2, 0.25) is 0 Å². The first-order chi connectivity index (χ1) is 14.0. The lowest BCUT2D eigenvalue weighted by Crippen LogP contribution is -2.18. The molecule has 0 aliphatic heterocycles. The first-order valence-corrected chi connectivity index (χ1v) is 9.30. The van der Waals surface area contributed by atoms with Gasteiger partial charge in [0.1, 0.15) is 16.4 Å². The fourth-order valence-electron chi connectivity index (χ4n) is 2.96. The number of thiazole rings is 1. The van der Waals surface area contributed by atoms with Gasteiger partial charge in [0.05, 0.1) is 5.69 Å². The van der Waals surface area contributed by atoms with Crippen LogP contribution in [0.15, 0.2) is 54.0 Å². The third kappa shape index (κ3) is 3.40. The zero-order chi connectivity index (χ0) is 20.5. The number of anilines is 2. The molecule has 0 aliphatic rings. The summed E-state index contributed by atoms with van der Waals surface area (Å²) in [6.45, 7) is 0. The summed E-state index contributed by atoms with van der Waals surface area (Å²) in [6.07, 6.45) is 1.93. The maximum absolute atomic E-state index is 14.1. The quantitative estimate of drug-likeness (QED) is 0.344. The Hall–Kier alpha value is -3.46. The molecule has 4 aromatic rings. The van der Waals surface area contributed by atoms with Crippen molar-refractivity contribution in [1.82, 2.24) is 14.8 Å². The van der Waals surface area contributed by atoms with Gasteiger partial charge in [0.2, 0.25) is 6.41 Å². The van der Waals surface area contributed by atoms with Crippen LogP contribution in [0.1, 0.15) is 0 Å². The molecule has 4 rings (SSSR count). The molecule has 0 atom stereocenters. The Morgan fingerprint density at radius 2 is 1.79 bits per heavy atom. The van der Waals surface area contributed by atoms with Crippen molar-refractivity contribution in [3.8, 4) is 22.0 Å². The summed E-state index contributed by atoms with van der Waals surface area (Å²) in [5, 5.41) is 7.08. The normalized spacial score (nSPS) is 10.9. The molecular weight excluding hydrogens is 401 g/mol. The Labute approximate surface area is 167 Å². The van der Waals surface area contributed by atoms with Crippen LogP contribution in [0.3, 0.4) is 0 Å². The molecule has 0 aliphatic carbocycles. The maximum Gasteiger partial charge on any atom is 0.218 e. The third-order valence-electron chi connectivity index (χ3n) is 4.34. The molecule has 5 nitrogen and oxygen atoms in total. The van der Waals surface area contributed by atoms with Crippen LogP contribution < -0.4 is 4.90 Å². The Morgan fingerprint density at radius 3 is 2.45 bits per heavy atom. The predicted molar refractivity (Wildman–Crippen MR) is 104 cm³/mol. The molecule has 0 saturated heterocycles. The van der Waals surface area contributed by atoms with Crippen LogP contribution in [0.25, 0.3) is 22.0 Å². The molecule has 0 radical (unpaired) electrons. The lowest BCUT2D eigenvalue weighted by Gasteiger charge is -2.19. The number of nitrogens with zero attached hydrogens (tertiary/aromatic N) is 4. The van der Waals surface area contributed by atoms with E-state index in [9.17, 15) is 18.0 Å². The molecule has 1 amide bonds. The van der Waals surface area contributed by atoms with Crippen molar-refractivity contribution in [2.75, 3.05) is 4.90 Å². The molecule has 0 unspecified atom stereocenters. The molecule has 0 saturated carbocycles. The van der Waals surface area contributed by atoms with Gasteiger partial charge in [-0.1, -0.05) is 12.1 Å². The first kappa shape index (κ1) is 18.9. The van der Waals surface area contributed by atoms with E-state index in [4.69, 9.17) is 0 Å². The van der Waals surface area contributed by atoms with Gasteiger partial charge in [-0.15, -0.1) is 11.3 Å². The SMILES string of the molecule is Cn1nc(-c2nccs2)cc1-c1ccc(N(C=O)c2c(F)ccc(F)c2F)cc1. The minimum absolute atomic E-state index is 0.189. The summed E-state index contributed by atoms with van der Waals surface area (Å²) in [6, 6.07) is 9.72. The van der Waals surface area contributed by atoms with Crippen LogP contribution in [-0.2, 0) is 11.8 Å². The fourth-order valence-corrected chi connectivity index (χ4v) is 3.56. The van der Waals surface area contributed by atoms with E-state index in [1.54, 1.807) is 30.1 Å². The van der Waals surface area contributed by atoms with Gasteiger partial charge in [-0.25, -0.2) is 18.2 Å². The zero-order valence-electron chi connectivity index (χ0n) is 15.0. The molecule has 0 fully saturated rings. The number of carbonyl (C=O) groups excluding carboxylic acids is 1. The summed E-state index contributed by atoms with van der Waals surface area (Å²) < 4.78 is 43.4. The summed E-state index contributed by atoms with van der Waals surface area (Å²) in [5.74, 6) is -3.71. The van der Waals surface area contributed by atoms with Crippen LogP contribution in [0.5, 0.6) is 0 Å². The molecule has 9 heteroatoms. The average Bonchev–Trinajstić information content (AvgIpc) is 3.38. The highest BCUT2D eigenvalue weighted by Gasteiger charge is 2.21. The van der Waals surface area contributed by atoms with Crippen LogP contribution >= 0.6 is 11.3 Å². The highest BCUT2D eigenvalue weighted by molar-refractivity contribution is 7.13. The molecule has 146 valence electrons. The second kappa shape index (κ2) is 7.51. The third-order valence-corrected chi connectivity index (χ3v) is 5.13. The summed E-state index contributed by atoms with van der Waals surface area (Å²) in [4.78, 5) is 16.5. The number of halogens is 3. The van der Waals surface area contributed by atoms with E-state index in [1.807, 2.05) is 11.4 Å². The van der Waals surface area contributed by atoms with Crippen molar-refractivity contribution in [2.24, 2.45) is 7.05 Å². The number of carbonyl (C=O) groups is 1. The van der Waals surface area contributed by atoms with E-state index >= 15 is 0 Å². The first-order valence-electron chi connectivity index (χ1n) is 8.42. The Morgan fingerprint density at radius 1 is 1.07 bits per heavy atom. The highest BCUT2D eigenvalue weighted by atomic mass is 32.1. The van der Waals surface area contributed by atoms with E-state index in [2.05, 4.69) is 10.1 Å². The fraction of sp³-hybridized carbons (Fsp3) is 0.0500. The van der Waals surface area contributed by atoms with Gasteiger partial charge in [-0.05, 0) is 35.9 Å². The molecule has 0 spiro atoms. The summed E-state index contributed by atoms with van der Waals surface area (Å²) >= 11 is 1.47. The standard InChI is InChI=1S/C20H13F3N4OS/c1-26-17(10-16(25-26)20-24-8-9-29-20)12-2-4-13(5-3-12)27(11-28)19-15(22)7-6-14(21)18(19)23/h2-11H,1H3. The largest absolute Gasteiger partial charge is 0.278 e. The Kier molecular flexibility index (Phi) is 4.89. The number of aromatic nitrogens is 3. The molecule has 0 N–H and O–H groups in total. The van der Waals surface area contributed by atoms with E-state index in [0.717, 1.165) is 32.9 Å². The number of hydrogen-bond acceptors (Lipinski definition) is 4. The highest BCUT2D eigenvalue weighted by Crippen LogP contribution is 2.33. The van der Waals surface area contributed by atoms with Gasteiger partial charge < -0.3 is 0 Å². The second-order valence-corrected chi connectivity index (χ2v) is 6.98. The monoisotopic (exact) mass is 414 g/mol. The lowest BCUT2D eigenvalue weighted by molar-refractivity contribution is -0.106. The van der Waals surface area contributed by atoms with Crippen LogP contribution in [0, 0.1) is 17.5 Å². The van der Waals surface area contributed by atoms with Crippen molar-refractivity contribution in [3.63, 3.8) is 0 Å². The van der Waals surface area contributed by atoms with Gasteiger partial charge >= 0.3 is 0 Å². The van der Waals surface area contributed by atoms with Crippen LogP contribution in [0.4, 0.5) is 24.5 Å². The van der Waals surface area contributed by atoms with Crippen molar-refractivity contribution >= 4 is 29.1 Å². The number of amides is 1. The van der Waals surface area contributed by atoms with Gasteiger partial charge in [-0.3, -0.25) is 14.4 Å². The minimum atomic E-state index is -1.43. The van der Waals surface area contributed by atoms with Crippen molar-refractivity contribution in [2.45, 2.75) is 0 Å². The summed E-state index contributed by atoms with van der Waals surface area (Å²) in [7, 11) is 1.79. The van der Waals surface area contributed by atoms with Gasteiger partial charge in [-0.2, -0.15) is 5.10 Å². The Balaban J connectivity index is 1.70. The molecule has 2 aromatic carbocycles. The smallest absolute Gasteiger partial charge is 0.218 e. The lowest BCUT2D eigenvalue weighted by atomic mass is 10.1. The molecular formula is C20H13F3N4OS. The topological polar surface area (TPSA) is 51.0 Å². The molecule has 2 aromatic heterocycles. The summed E-state index contributed by atoms with van der Waals surface area (Å²) in [5.41, 5.74) is 1.72. The number of rotatable bonds is 5.